The monoisotopic (exact) mass is 457 g/mol. The first-order chi connectivity index (χ1) is 16.3. The molecule has 1 aliphatic heterocycles. The van der Waals surface area contributed by atoms with E-state index in [-0.39, 0.29) is 23.5 Å². The number of primary amides is 1. The van der Waals surface area contributed by atoms with Crippen LogP contribution in [0.3, 0.4) is 0 Å². The zero-order valence-corrected chi connectivity index (χ0v) is 18.9. The molecule has 0 radical (unpaired) electrons. The van der Waals surface area contributed by atoms with Gasteiger partial charge >= 0.3 is 0 Å². The topological polar surface area (TPSA) is 95.1 Å². The maximum absolute atomic E-state index is 13.8. The number of hydrogen-bond donors (Lipinski definition) is 2. The number of hydrogen-bond acceptors (Lipinski definition) is 4. The van der Waals surface area contributed by atoms with Gasteiger partial charge in [0.2, 0.25) is 0 Å². The molecule has 0 saturated carbocycles. The van der Waals surface area contributed by atoms with E-state index in [2.05, 4.69) is 16.5 Å². The predicted octanol–water partition coefficient (Wildman–Crippen LogP) is 3.83. The van der Waals surface area contributed by atoms with Gasteiger partial charge in [0.25, 0.3) is 11.8 Å². The van der Waals surface area contributed by atoms with Gasteiger partial charge in [-0.2, -0.15) is 0 Å². The number of carbonyl (C=O) groups excluding carboxylic acids is 2. The lowest BCUT2D eigenvalue weighted by Gasteiger charge is -2.14. The maximum Gasteiger partial charge on any atom is 0.255 e. The Bertz CT molecular complexity index is 1490. The number of carbonyl (C=O) groups is 2. The molecule has 172 valence electrons. The van der Waals surface area contributed by atoms with Crippen molar-refractivity contribution in [3.05, 3.63) is 77.6 Å². The van der Waals surface area contributed by atoms with Gasteiger partial charge in [-0.25, -0.2) is 9.37 Å². The molecule has 1 fully saturated rings. The number of nitrogens with zero attached hydrogens (tertiary/aromatic N) is 3. The number of fused-ring (bicyclic) bond motifs is 3. The summed E-state index contributed by atoms with van der Waals surface area (Å²) in [6.07, 6.45) is 1.87. The minimum absolute atomic E-state index is 0.0629. The van der Waals surface area contributed by atoms with E-state index in [1.807, 2.05) is 19.2 Å². The summed E-state index contributed by atoms with van der Waals surface area (Å²) >= 11 is 0. The summed E-state index contributed by atoms with van der Waals surface area (Å²) in [5.74, 6) is -0.979. The van der Waals surface area contributed by atoms with Crippen LogP contribution in [0.4, 0.5) is 4.39 Å². The molecule has 7 nitrogen and oxygen atoms in total. The highest BCUT2D eigenvalue weighted by molar-refractivity contribution is 6.14. The third-order valence-electron chi connectivity index (χ3n) is 6.29. The zero-order chi connectivity index (χ0) is 24.1. The number of nitrogens with two attached hydrogens (primary N) is 1. The lowest BCUT2D eigenvalue weighted by molar-refractivity contribution is 0.0846. The SMILES string of the molecule is C=CCN(C)C1CN1C(=O)c1ccc2c(c1)[nH]c1c(C(N)=O)cc(-c3ccc(F)c(C)c3)nc12. The summed E-state index contributed by atoms with van der Waals surface area (Å²) in [6.45, 7) is 6.78. The van der Waals surface area contributed by atoms with Gasteiger partial charge in [-0.15, -0.1) is 6.58 Å². The van der Waals surface area contributed by atoms with Gasteiger partial charge in [0.05, 0.1) is 28.8 Å². The second-order valence-corrected chi connectivity index (χ2v) is 8.66. The molecule has 2 amide bonds. The van der Waals surface area contributed by atoms with E-state index in [9.17, 15) is 14.0 Å². The van der Waals surface area contributed by atoms with Gasteiger partial charge in [0.1, 0.15) is 12.0 Å². The number of likely N-dealkylation sites (N-methyl/N-ethyl adjacent to an activating group) is 1. The van der Waals surface area contributed by atoms with Crippen LogP contribution in [0.25, 0.3) is 33.2 Å². The van der Waals surface area contributed by atoms with Crippen molar-refractivity contribution < 1.29 is 14.0 Å². The second-order valence-electron chi connectivity index (χ2n) is 8.66. The Morgan fingerprint density at radius 2 is 2.09 bits per heavy atom. The van der Waals surface area contributed by atoms with Crippen LogP contribution in [0.2, 0.25) is 0 Å². The van der Waals surface area contributed by atoms with Gasteiger partial charge in [0.15, 0.2) is 0 Å². The minimum atomic E-state index is -0.604. The Morgan fingerprint density at radius 3 is 2.79 bits per heavy atom. The Kier molecular flexibility index (Phi) is 5.17. The zero-order valence-electron chi connectivity index (χ0n) is 18.9. The van der Waals surface area contributed by atoms with Crippen LogP contribution in [0.15, 0.2) is 55.1 Å². The fourth-order valence-corrected chi connectivity index (χ4v) is 4.35. The summed E-state index contributed by atoms with van der Waals surface area (Å²) in [5.41, 5.74) is 9.94. The van der Waals surface area contributed by atoms with Crippen LogP contribution in [0.1, 0.15) is 26.3 Å². The first kappa shape index (κ1) is 21.8. The van der Waals surface area contributed by atoms with Crippen molar-refractivity contribution in [2.24, 2.45) is 5.73 Å². The third kappa shape index (κ3) is 3.62. The fourth-order valence-electron chi connectivity index (χ4n) is 4.35. The summed E-state index contributed by atoms with van der Waals surface area (Å²) in [6, 6.07) is 11.6. The molecule has 3 N–H and O–H groups in total. The van der Waals surface area contributed by atoms with E-state index < -0.39 is 5.91 Å². The fraction of sp³-hybridized carbons (Fsp3) is 0.192. The average Bonchev–Trinajstić information content (AvgIpc) is 3.54. The molecular formula is C26H24FN5O2. The molecule has 4 aromatic rings. The maximum atomic E-state index is 13.8. The number of H-pyrrole nitrogens is 1. The smallest absolute Gasteiger partial charge is 0.255 e. The van der Waals surface area contributed by atoms with Gasteiger partial charge in [0, 0.05) is 28.6 Å². The molecule has 2 aromatic carbocycles. The molecule has 34 heavy (non-hydrogen) atoms. The Balaban J connectivity index is 1.58. The molecule has 1 aliphatic rings. The summed E-state index contributed by atoms with van der Waals surface area (Å²) < 4.78 is 13.8. The summed E-state index contributed by atoms with van der Waals surface area (Å²) in [5, 5.41) is 0.765. The van der Waals surface area contributed by atoms with E-state index in [0.29, 0.717) is 52.0 Å². The van der Waals surface area contributed by atoms with Crippen LogP contribution in [0.5, 0.6) is 0 Å². The Hall–Kier alpha value is -4.04. The van der Waals surface area contributed by atoms with Gasteiger partial charge < -0.3 is 15.6 Å². The molecule has 1 saturated heterocycles. The standard InChI is InChI=1S/C26H24FN5O2/c1-4-9-31(3)22-13-32(22)26(34)16-5-7-17-21(11-16)30-24-18(25(28)33)12-20(29-23(17)24)15-6-8-19(27)14(2)10-15/h4-8,10-12,22,30H,1,9,13H2,2-3H3,(H2,28,33). The number of benzene rings is 2. The van der Waals surface area contributed by atoms with Gasteiger partial charge in [-0.3, -0.25) is 14.5 Å². The van der Waals surface area contributed by atoms with Crippen molar-refractivity contribution >= 4 is 33.8 Å². The molecular weight excluding hydrogens is 433 g/mol. The number of aryl methyl sites for hydroxylation is 1. The number of rotatable bonds is 6. The van der Waals surface area contributed by atoms with Gasteiger partial charge in [-0.05, 0) is 62.0 Å². The molecule has 1 atom stereocenters. The van der Waals surface area contributed by atoms with E-state index in [4.69, 9.17) is 10.7 Å². The second kappa shape index (κ2) is 8.07. The number of amides is 2. The quantitative estimate of drug-likeness (QED) is 0.340. The molecule has 2 aromatic heterocycles. The van der Waals surface area contributed by atoms with Crippen LogP contribution < -0.4 is 5.73 Å². The number of aromatic amines is 1. The first-order valence-electron chi connectivity index (χ1n) is 10.9. The van der Waals surface area contributed by atoms with Crippen molar-refractivity contribution in [2.75, 3.05) is 20.1 Å². The van der Waals surface area contributed by atoms with Crippen molar-refractivity contribution in [2.45, 2.75) is 13.1 Å². The number of aromatic nitrogens is 2. The first-order valence-corrected chi connectivity index (χ1v) is 10.9. The largest absolute Gasteiger partial charge is 0.366 e. The van der Waals surface area contributed by atoms with Crippen molar-refractivity contribution in [3.8, 4) is 11.3 Å². The van der Waals surface area contributed by atoms with Crippen LogP contribution >= 0.6 is 0 Å². The van der Waals surface area contributed by atoms with Crippen LogP contribution in [-0.4, -0.2) is 57.9 Å². The van der Waals surface area contributed by atoms with Crippen molar-refractivity contribution in [3.63, 3.8) is 0 Å². The molecule has 0 aliphatic carbocycles. The van der Waals surface area contributed by atoms with E-state index in [1.165, 1.54) is 6.07 Å². The molecule has 3 heterocycles. The highest BCUT2D eigenvalue weighted by atomic mass is 19.1. The lowest BCUT2D eigenvalue weighted by atomic mass is 10.0. The highest BCUT2D eigenvalue weighted by Crippen LogP contribution is 2.32. The number of pyridine rings is 1. The molecule has 8 heteroatoms. The van der Waals surface area contributed by atoms with Crippen LogP contribution in [-0.2, 0) is 0 Å². The number of halogens is 1. The molecule has 5 rings (SSSR count). The lowest BCUT2D eigenvalue weighted by Crippen LogP contribution is -2.27. The van der Waals surface area contributed by atoms with Crippen LogP contribution in [0, 0.1) is 12.7 Å². The molecule has 0 spiro atoms. The van der Waals surface area contributed by atoms with Gasteiger partial charge in [-0.1, -0.05) is 6.08 Å². The predicted molar refractivity (Wildman–Crippen MR) is 130 cm³/mol. The highest BCUT2D eigenvalue weighted by Gasteiger charge is 2.41. The molecule has 0 bridgehead atoms. The van der Waals surface area contributed by atoms with E-state index >= 15 is 0 Å². The van der Waals surface area contributed by atoms with E-state index in [0.717, 1.165) is 5.39 Å². The summed E-state index contributed by atoms with van der Waals surface area (Å²) in [4.78, 5) is 37.1. The Morgan fingerprint density at radius 1 is 1.29 bits per heavy atom. The van der Waals surface area contributed by atoms with E-state index in [1.54, 1.807) is 42.2 Å². The normalized spacial score (nSPS) is 15.3. The minimum Gasteiger partial charge on any atom is -0.366 e. The third-order valence-corrected chi connectivity index (χ3v) is 6.29. The average molecular weight is 458 g/mol. The van der Waals surface area contributed by atoms with Crippen molar-refractivity contribution in [1.29, 1.82) is 0 Å². The van der Waals surface area contributed by atoms with Crippen molar-refractivity contribution in [1.82, 2.24) is 19.8 Å². The number of nitrogens with one attached hydrogen (secondary N) is 1. The summed E-state index contributed by atoms with van der Waals surface area (Å²) in [7, 11) is 1.96. The Labute approximate surface area is 195 Å². The molecule has 1 unspecified atom stereocenters.